The molecule has 0 saturated carbocycles. The van der Waals surface area contributed by atoms with Gasteiger partial charge in [0, 0.05) is 31.3 Å². The number of ether oxygens (including phenoxy) is 1. The molecule has 1 saturated heterocycles. The van der Waals surface area contributed by atoms with E-state index in [0.29, 0.717) is 57.5 Å². The van der Waals surface area contributed by atoms with E-state index < -0.39 is 47.9 Å². The van der Waals surface area contributed by atoms with Gasteiger partial charge in [-0.1, -0.05) is 58.0 Å². The molecule has 2 aromatic rings. The minimum atomic E-state index is -1.24. The maximum absolute atomic E-state index is 13.9. The number of rotatable bonds is 19. The normalized spacial score (nSPS) is 16.4. The van der Waals surface area contributed by atoms with Gasteiger partial charge in [0.25, 0.3) is 0 Å². The van der Waals surface area contributed by atoms with Crippen LogP contribution in [0.25, 0.3) is 0 Å². The van der Waals surface area contributed by atoms with Gasteiger partial charge in [0.05, 0.1) is 54.9 Å². The number of nitrogens with zero attached hydrogens (tertiary/aromatic N) is 2. The molecule has 0 aliphatic carbocycles. The van der Waals surface area contributed by atoms with Crippen LogP contribution in [0, 0.1) is 17.8 Å². The molecule has 1 aliphatic rings. The van der Waals surface area contributed by atoms with Crippen LogP contribution >= 0.6 is 11.3 Å². The Morgan fingerprint density at radius 3 is 2.23 bits per heavy atom. The van der Waals surface area contributed by atoms with Crippen LogP contribution in [0.5, 0.6) is 0 Å². The molecule has 1 aromatic heterocycles. The summed E-state index contributed by atoms with van der Waals surface area (Å²) < 4.78 is 5.38. The van der Waals surface area contributed by atoms with E-state index in [2.05, 4.69) is 20.9 Å². The molecule has 264 valence electrons. The predicted molar refractivity (Wildman–Crippen MR) is 183 cm³/mol. The van der Waals surface area contributed by atoms with Crippen molar-refractivity contribution < 1.29 is 33.8 Å². The van der Waals surface area contributed by atoms with E-state index in [0.717, 1.165) is 5.56 Å². The second-order valence-electron chi connectivity index (χ2n) is 13.3. The first kappa shape index (κ1) is 38.8. The Labute approximate surface area is 287 Å². The molecule has 5 atom stereocenters. The second kappa shape index (κ2) is 20.0. The number of aliphatic hydroxyl groups excluding tert-OH is 1. The van der Waals surface area contributed by atoms with E-state index >= 15 is 0 Å². The van der Waals surface area contributed by atoms with Gasteiger partial charge in [-0.3, -0.25) is 19.2 Å². The van der Waals surface area contributed by atoms with Crippen molar-refractivity contribution in [3.8, 4) is 0 Å². The van der Waals surface area contributed by atoms with Gasteiger partial charge in [0.1, 0.15) is 12.3 Å². The van der Waals surface area contributed by atoms with E-state index in [4.69, 9.17) is 4.74 Å². The highest BCUT2D eigenvalue weighted by atomic mass is 32.1. The third-order valence-corrected chi connectivity index (χ3v) is 8.79. The van der Waals surface area contributed by atoms with Gasteiger partial charge in [-0.05, 0) is 36.7 Å². The third-order valence-electron chi connectivity index (χ3n) is 8.16. The van der Waals surface area contributed by atoms with Gasteiger partial charge in [-0.2, -0.15) is 0 Å². The molecule has 1 aliphatic heterocycles. The van der Waals surface area contributed by atoms with E-state index in [1.54, 1.807) is 15.8 Å². The Bertz CT molecular complexity index is 1300. The Balaban J connectivity index is 1.78. The molecule has 0 radical (unpaired) electrons. The summed E-state index contributed by atoms with van der Waals surface area (Å²) in [5, 5.41) is 21.4. The summed E-state index contributed by atoms with van der Waals surface area (Å²) in [6.07, 6.45) is 0.330. The number of thiazole rings is 1. The maximum atomic E-state index is 13.9. The summed E-state index contributed by atoms with van der Waals surface area (Å²) in [6, 6.07) is 6.88. The molecule has 3 rings (SSSR count). The zero-order chi connectivity index (χ0) is 35.1. The highest BCUT2D eigenvalue weighted by Gasteiger charge is 2.33. The van der Waals surface area contributed by atoms with Crippen LogP contribution in [0.15, 0.2) is 41.2 Å². The van der Waals surface area contributed by atoms with Crippen LogP contribution in [0.1, 0.15) is 64.6 Å². The lowest BCUT2D eigenvalue weighted by atomic mass is 9.93. The number of carbonyl (C=O) groups excluding carboxylic acids is 5. The minimum Gasteiger partial charge on any atom is -0.390 e. The zero-order valence-electron chi connectivity index (χ0n) is 28.4. The van der Waals surface area contributed by atoms with Crippen molar-refractivity contribution in [1.29, 1.82) is 0 Å². The molecule has 1 fully saturated rings. The summed E-state index contributed by atoms with van der Waals surface area (Å²) in [4.78, 5) is 71.3. The lowest BCUT2D eigenvalue weighted by Gasteiger charge is -2.30. The molecule has 13 heteroatoms. The maximum Gasteiger partial charge on any atom is 0.243 e. The molecular weight excluding hydrogens is 634 g/mol. The van der Waals surface area contributed by atoms with Crippen LogP contribution in [-0.4, -0.2) is 95.4 Å². The molecule has 12 nitrogen and oxygen atoms in total. The predicted octanol–water partition coefficient (Wildman–Crippen LogP) is 2.29. The first-order valence-corrected chi connectivity index (χ1v) is 17.7. The number of hydrogen-bond donors (Lipinski definition) is 4. The number of aldehydes is 1. The summed E-state index contributed by atoms with van der Waals surface area (Å²) >= 11 is 1.36. The second-order valence-corrected chi connectivity index (χ2v) is 14.0. The summed E-state index contributed by atoms with van der Waals surface area (Å²) in [5.41, 5.74) is 3.13. The topological polar surface area (TPSA) is 167 Å². The van der Waals surface area contributed by atoms with Gasteiger partial charge in [-0.25, -0.2) is 4.98 Å². The number of hydrogen-bond acceptors (Lipinski definition) is 9. The van der Waals surface area contributed by atoms with Gasteiger partial charge in [0.15, 0.2) is 0 Å². The molecule has 4 amide bonds. The Hall–Kier alpha value is -3.68. The first-order chi connectivity index (χ1) is 22.9. The van der Waals surface area contributed by atoms with Crippen LogP contribution < -0.4 is 16.0 Å². The molecule has 1 unspecified atom stereocenters. The highest BCUT2D eigenvalue weighted by molar-refractivity contribution is 7.07. The first-order valence-electron chi connectivity index (χ1n) is 16.7. The molecule has 1 aromatic carbocycles. The third kappa shape index (κ3) is 13.4. The largest absolute Gasteiger partial charge is 0.390 e. The average Bonchev–Trinajstić information content (AvgIpc) is 3.57. The van der Waals surface area contributed by atoms with Gasteiger partial charge >= 0.3 is 0 Å². The number of amides is 4. The molecule has 0 spiro atoms. The summed E-state index contributed by atoms with van der Waals surface area (Å²) in [5.74, 6) is -2.13. The highest BCUT2D eigenvalue weighted by Crippen LogP contribution is 2.18. The van der Waals surface area contributed by atoms with Crippen LogP contribution in [0.2, 0.25) is 0 Å². The van der Waals surface area contributed by atoms with E-state index in [-0.39, 0.29) is 37.0 Å². The van der Waals surface area contributed by atoms with Crippen LogP contribution in [0.4, 0.5) is 0 Å². The summed E-state index contributed by atoms with van der Waals surface area (Å²) in [6.45, 7) is 9.56. The quantitative estimate of drug-likeness (QED) is 0.164. The smallest absolute Gasteiger partial charge is 0.243 e. The number of carbonyl (C=O) groups is 5. The van der Waals surface area contributed by atoms with Crippen molar-refractivity contribution in [1.82, 2.24) is 25.8 Å². The fourth-order valence-corrected chi connectivity index (χ4v) is 6.28. The molecular formula is C35H51N5O7S. The van der Waals surface area contributed by atoms with E-state index in [1.807, 2.05) is 58.0 Å². The van der Waals surface area contributed by atoms with Crippen molar-refractivity contribution in [2.75, 3.05) is 26.3 Å². The standard InChI is InChI=1S/C35H51N5O7S/c1-23(2)14-27(20-41)37-32(43)19-31(42)29(15-24(3)4)38-35(46)30(18-28-21-48-22-36-28)39-34(45)26(16-25-8-6-5-7-9-25)17-33(44)40-10-12-47-13-11-40/h5-9,20-24,26-27,29-31,42H,10-19H2,1-4H3,(H,37,43)(H,38,46)(H,39,45)/t26-,27+,29+,30?,31+/m1/s1. The van der Waals surface area contributed by atoms with E-state index in [9.17, 15) is 29.1 Å². The Kier molecular flexibility index (Phi) is 16.1. The van der Waals surface area contributed by atoms with Crippen molar-refractivity contribution >= 4 is 41.3 Å². The van der Waals surface area contributed by atoms with Gasteiger partial charge < -0.3 is 35.5 Å². The Morgan fingerprint density at radius 1 is 0.938 bits per heavy atom. The number of aromatic nitrogens is 1. The van der Waals surface area contributed by atoms with Crippen LogP contribution in [0.3, 0.4) is 0 Å². The fraction of sp³-hybridized carbons (Fsp3) is 0.600. The van der Waals surface area contributed by atoms with Crippen molar-refractivity contribution in [3.63, 3.8) is 0 Å². The lowest BCUT2D eigenvalue weighted by molar-refractivity contribution is -0.140. The fourth-order valence-electron chi connectivity index (χ4n) is 5.71. The minimum absolute atomic E-state index is 0.0336. The monoisotopic (exact) mass is 685 g/mol. The number of aliphatic hydroxyl groups is 1. The van der Waals surface area contributed by atoms with Crippen molar-refractivity contribution in [3.05, 3.63) is 52.5 Å². The average molecular weight is 686 g/mol. The molecule has 4 N–H and O–H groups in total. The van der Waals surface area contributed by atoms with Gasteiger partial charge in [0.2, 0.25) is 23.6 Å². The number of morpholine rings is 1. The zero-order valence-corrected chi connectivity index (χ0v) is 29.2. The molecule has 48 heavy (non-hydrogen) atoms. The Morgan fingerprint density at radius 2 is 1.62 bits per heavy atom. The molecule has 2 heterocycles. The summed E-state index contributed by atoms with van der Waals surface area (Å²) in [7, 11) is 0. The lowest BCUT2D eigenvalue weighted by Crippen LogP contribution is -2.55. The SMILES string of the molecule is CC(C)C[C@@H](C=O)NC(=O)C[C@H](O)[C@H](CC(C)C)NC(=O)C(Cc1cscn1)NC(=O)[C@@H](CC(=O)N1CCOCC1)Cc1ccccc1. The van der Waals surface area contributed by atoms with Crippen LogP contribution in [-0.2, 0) is 41.6 Å². The van der Waals surface area contributed by atoms with Crippen molar-refractivity contribution in [2.45, 2.75) is 90.4 Å². The number of benzene rings is 1. The number of nitrogens with one attached hydrogen (secondary N) is 3. The van der Waals surface area contributed by atoms with Gasteiger partial charge in [-0.15, -0.1) is 11.3 Å². The molecule has 0 bridgehead atoms. The van der Waals surface area contributed by atoms with Crippen molar-refractivity contribution in [2.24, 2.45) is 17.8 Å². The van der Waals surface area contributed by atoms with E-state index in [1.165, 1.54) is 11.3 Å².